The van der Waals surface area contributed by atoms with Crippen molar-refractivity contribution in [2.75, 3.05) is 32.8 Å². The lowest BCUT2D eigenvalue weighted by molar-refractivity contribution is -0.151. The van der Waals surface area contributed by atoms with Crippen molar-refractivity contribution in [2.45, 2.75) is 70.6 Å². The molecule has 1 saturated heterocycles. The summed E-state index contributed by atoms with van der Waals surface area (Å²) in [5, 5.41) is 13.2. The molecule has 0 aromatic rings. The van der Waals surface area contributed by atoms with E-state index in [2.05, 4.69) is 31.0 Å². The van der Waals surface area contributed by atoms with Gasteiger partial charge < -0.3 is 15.2 Å². The fourth-order valence-corrected chi connectivity index (χ4v) is 4.12. The maximum atomic E-state index is 9.46. The van der Waals surface area contributed by atoms with Crippen LogP contribution in [0.1, 0.15) is 52.9 Å². The maximum absolute atomic E-state index is 9.46. The minimum Gasteiger partial charge on any atom is -0.394 e. The van der Waals surface area contributed by atoms with Crippen LogP contribution in [0.4, 0.5) is 0 Å². The smallest absolute Gasteiger partial charge is 0.0940 e. The quantitative estimate of drug-likeness (QED) is 0.762. The van der Waals surface area contributed by atoms with Crippen molar-refractivity contribution in [3.05, 3.63) is 0 Å². The summed E-state index contributed by atoms with van der Waals surface area (Å²) in [6.07, 6.45) is 6.73. The minimum absolute atomic E-state index is 0.0305. The molecule has 3 unspecified atom stereocenters. The number of rotatable bonds is 5. The van der Waals surface area contributed by atoms with Crippen LogP contribution in [0.2, 0.25) is 0 Å². The Morgan fingerprint density at radius 3 is 2.71 bits per heavy atom. The SMILES string of the molecule is CCNC1CCCCCC1CN1CC(CO)OC(C)(C)C1. The highest BCUT2D eigenvalue weighted by Gasteiger charge is 2.35. The van der Waals surface area contributed by atoms with Gasteiger partial charge in [-0.25, -0.2) is 0 Å². The van der Waals surface area contributed by atoms with Gasteiger partial charge in [0.25, 0.3) is 0 Å². The molecule has 1 saturated carbocycles. The Bertz CT molecular complexity index is 309. The second kappa shape index (κ2) is 7.91. The first kappa shape index (κ1) is 17.2. The van der Waals surface area contributed by atoms with Gasteiger partial charge in [-0.2, -0.15) is 0 Å². The predicted octanol–water partition coefficient (Wildman–Crippen LogP) is 2.02. The molecule has 1 aliphatic carbocycles. The van der Waals surface area contributed by atoms with Crippen LogP contribution in [-0.4, -0.2) is 60.5 Å². The number of aliphatic hydroxyl groups excluding tert-OH is 1. The van der Waals surface area contributed by atoms with Crippen LogP contribution in [0.15, 0.2) is 0 Å². The molecular weight excluding hydrogens is 264 g/mol. The van der Waals surface area contributed by atoms with Gasteiger partial charge in [-0.3, -0.25) is 4.90 Å². The first-order chi connectivity index (χ1) is 10.0. The first-order valence-corrected chi connectivity index (χ1v) is 8.78. The lowest BCUT2D eigenvalue weighted by Gasteiger charge is -2.44. The Labute approximate surface area is 130 Å². The van der Waals surface area contributed by atoms with Gasteiger partial charge in [0.1, 0.15) is 0 Å². The lowest BCUT2D eigenvalue weighted by atomic mass is 9.92. The largest absolute Gasteiger partial charge is 0.394 e. The molecule has 124 valence electrons. The van der Waals surface area contributed by atoms with E-state index in [4.69, 9.17) is 4.74 Å². The third-order valence-corrected chi connectivity index (χ3v) is 4.87. The molecule has 1 heterocycles. The highest BCUT2D eigenvalue weighted by atomic mass is 16.5. The molecule has 4 heteroatoms. The van der Waals surface area contributed by atoms with Gasteiger partial charge in [0.15, 0.2) is 0 Å². The average Bonchev–Trinajstić information content (AvgIpc) is 2.63. The normalized spacial score (nSPS) is 34.6. The van der Waals surface area contributed by atoms with Crippen molar-refractivity contribution in [1.29, 1.82) is 0 Å². The topological polar surface area (TPSA) is 44.7 Å². The summed E-state index contributed by atoms with van der Waals surface area (Å²) in [5.74, 6) is 0.737. The molecule has 2 aliphatic rings. The van der Waals surface area contributed by atoms with Crippen LogP contribution in [0, 0.1) is 5.92 Å². The average molecular weight is 298 g/mol. The molecule has 0 amide bonds. The molecule has 2 N–H and O–H groups in total. The molecule has 0 bridgehead atoms. The van der Waals surface area contributed by atoms with Crippen molar-refractivity contribution in [3.8, 4) is 0 Å². The van der Waals surface area contributed by atoms with Gasteiger partial charge in [-0.1, -0.05) is 26.2 Å². The number of aliphatic hydroxyl groups is 1. The van der Waals surface area contributed by atoms with Crippen molar-refractivity contribution in [1.82, 2.24) is 10.2 Å². The minimum atomic E-state index is -0.149. The summed E-state index contributed by atoms with van der Waals surface area (Å²) >= 11 is 0. The third-order valence-electron chi connectivity index (χ3n) is 4.87. The molecule has 3 atom stereocenters. The molecule has 4 nitrogen and oxygen atoms in total. The highest BCUT2D eigenvalue weighted by molar-refractivity contribution is 4.88. The summed E-state index contributed by atoms with van der Waals surface area (Å²) in [5.41, 5.74) is -0.149. The molecule has 1 aliphatic heterocycles. The second-order valence-corrected chi connectivity index (χ2v) is 7.44. The molecule has 2 rings (SSSR count). The highest BCUT2D eigenvalue weighted by Crippen LogP contribution is 2.27. The first-order valence-electron chi connectivity index (χ1n) is 8.78. The van der Waals surface area contributed by atoms with Crippen LogP contribution in [-0.2, 0) is 4.74 Å². The number of nitrogens with zero attached hydrogens (tertiary/aromatic N) is 1. The zero-order valence-electron chi connectivity index (χ0n) is 14.1. The van der Waals surface area contributed by atoms with E-state index in [1.54, 1.807) is 0 Å². The summed E-state index contributed by atoms with van der Waals surface area (Å²) in [6, 6.07) is 0.663. The Kier molecular flexibility index (Phi) is 6.48. The summed E-state index contributed by atoms with van der Waals surface area (Å²) < 4.78 is 5.93. The number of hydrogen-bond acceptors (Lipinski definition) is 4. The molecule has 0 spiro atoms. The Morgan fingerprint density at radius 1 is 1.24 bits per heavy atom. The van der Waals surface area contributed by atoms with Crippen molar-refractivity contribution < 1.29 is 9.84 Å². The molecule has 0 radical (unpaired) electrons. The Hall–Kier alpha value is -0.160. The van der Waals surface area contributed by atoms with Gasteiger partial charge in [0.2, 0.25) is 0 Å². The molecule has 0 aromatic carbocycles. The third kappa shape index (κ3) is 5.20. The summed E-state index contributed by atoms with van der Waals surface area (Å²) in [7, 11) is 0. The van der Waals surface area contributed by atoms with E-state index in [1.807, 2.05) is 0 Å². The van der Waals surface area contributed by atoms with Gasteiger partial charge in [-0.05, 0) is 39.2 Å². The number of ether oxygens (including phenoxy) is 1. The monoisotopic (exact) mass is 298 g/mol. The molecule has 21 heavy (non-hydrogen) atoms. The standard InChI is InChI=1S/C17H34N2O2/c1-4-18-16-9-7-5-6-8-14(16)10-19-11-15(12-20)21-17(2,3)13-19/h14-16,18,20H,4-13H2,1-3H3. The van der Waals surface area contributed by atoms with E-state index in [-0.39, 0.29) is 18.3 Å². The number of hydrogen-bond donors (Lipinski definition) is 2. The Morgan fingerprint density at radius 2 is 2.00 bits per heavy atom. The summed E-state index contributed by atoms with van der Waals surface area (Å²) in [6.45, 7) is 10.7. The fraction of sp³-hybridized carbons (Fsp3) is 1.00. The summed E-state index contributed by atoms with van der Waals surface area (Å²) in [4.78, 5) is 2.52. The van der Waals surface area contributed by atoms with Gasteiger partial charge in [0.05, 0.1) is 18.3 Å². The van der Waals surface area contributed by atoms with Crippen LogP contribution in [0.3, 0.4) is 0 Å². The number of morpholine rings is 1. The lowest BCUT2D eigenvalue weighted by Crippen LogP contribution is -2.55. The van der Waals surface area contributed by atoms with E-state index >= 15 is 0 Å². The van der Waals surface area contributed by atoms with E-state index in [9.17, 15) is 5.11 Å². The fourth-order valence-electron chi connectivity index (χ4n) is 4.12. The molecule has 2 fully saturated rings. The van der Waals surface area contributed by atoms with Crippen LogP contribution >= 0.6 is 0 Å². The van der Waals surface area contributed by atoms with E-state index in [1.165, 1.54) is 32.1 Å². The van der Waals surface area contributed by atoms with Crippen molar-refractivity contribution in [3.63, 3.8) is 0 Å². The van der Waals surface area contributed by atoms with Crippen molar-refractivity contribution in [2.24, 2.45) is 5.92 Å². The van der Waals surface area contributed by atoms with Crippen LogP contribution in [0.25, 0.3) is 0 Å². The van der Waals surface area contributed by atoms with Gasteiger partial charge >= 0.3 is 0 Å². The van der Waals surface area contributed by atoms with E-state index in [0.717, 1.165) is 32.1 Å². The predicted molar refractivity (Wildman–Crippen MR) is 86.5 cm³/mol. The van der Waals surface area contributed by atoms with Gasteiger partial charge in [-0.15, -0.1) is 0 Å². The van der Waals surface area contributed by atoms with E-state index < -0.39 is 0 Å². The second-order valence-electron chi connectivity index (χ2n) is 7.44. The Balaban J connectivity index is 1.96. The number of nitrogens with one attached hydrogen (secondary N) is 1. The zero-order chi connectivity index (χ0) is 15.3. The maximum Gasteiger partial charge on any atom is 0.0940 e. The molecular formula is C17H34N2O2. The van der Waals surface area contributed by atoms with Crippen molar-refractivity contribution >= 4 is 0 Å². The van der Waals surface area contributed by atoms with Crippen LogP contribution < -0.4 is 5.32 Å². The van der Waals surface area contributed by atoms with Crippen LogP contribution in [0.5, 0.6) is 0 Å². The van der Waals surface area contributed by atoms with Gasteiger partial charge in [0, 0.05) is 25.7 Å². The van der Waals surface area contributed by atoms with E-state index in [0.29, 0.717) is 6.04 Å². The molecule has 0 aromatic heterocycles. The zero-order valence-corrected chi connectivity index (χ0v) is 14.1.